The van der Waals surface area contributed by atoms with Gasteiger partial charge in [-0.3, -0.25) is 5.84 Å². The predicted octanol–water partition coefficient (Wildman–Crippen LogP) is 3.18. The molecule has 0 bridgehead atoms. The molecule has 2 rings (SSSR count). The van der Waals surface area contributed by atoms with Gasteiger partial charge in [0.25, 0.3) is 0 Å². The van der Waals surface area contributed by atoms with Gasteiger partial charge >= 0.3 is 0 Å². The average Bonchev–Trinajstić information content (AvgIpc) is 2.45. The van der Waals surface area contributed by atoms with Crippen LogP contribution in [0.5, 0.6) is 5.75 Å². The summed E-state index contributed by atoms with van der Waals surface area (Å²) in [5.41, 5.74) is 2.73. The summed E-state index contributed by atoms with van der Waals surface area (Å²) in [5, 5.41) is 0.338. The Morgan fingerprint density at radius 1 is 1.20 bits per heavy atom. The number of benzene rings is 2. The zero-order chi connectivity index (χ0) is 14.7. The van der Waals surface area contributed by atoms with Crippen molar-refractivity contribution in [1.29, 1.82) is 0 Å². The van der Waals surface area contributed by atoms with Gasteiger partial charge in [0.15, 0.2) is 11.6 Å². The monoisotopic (exact) mass is 298 g/mol. The fraction of sp³-hybridized carbons (Fsp3) is 0.143. The van der Waals surface area contributed by atoms with Crippen molar-refractivity contribution in [1.82, 2.24) is 5.43 Å². The van der Waals surface area contributed by atoms with E-state index >= 15 is 0 Å². The molecule has 3 N–H and O–H groups in total. The third-order valence-electron chi connectivity index (χ3n) is 2.96. The van der Waals surface area contributed by atoms with Gasteiger partial charge in [-0.1, -0.05) is 23.7 Å². The molecule has 1 unspecified atom stereocenters. The number of hydrogen-bond acceptors (Lipinski definition) is 3. The van der Waals surface area contributed by atoms with Crippen molar-refractivity contribution in [3.63, 3.8) is 0 Å². The highest BCUT2D eigenvalue weighted by atomic mass is 35.5. The number of nitrogens with two attached hydrogens (primary N) is 1. The molecule has 2 aromatic rings. The molecule has 0 heterocycles. The number of rotatable bonds is 4. The predicted molar refractivity (Wildman–Crippen MR) is 73.5 cm³/mol. The maximum Gasteiger partial charge on any atom is 0.170 e. The molecule has 0 aliphatic heterocycles. The summed E-state index contributed by atoms with van der Waals surface area (Å²) < 4.78 is 33.1. The minimum Gasteiger partial charge on any atom is -0.494 e. The molecule has 0 amide bonds. The van der Waals surface area contributed by atoms with Crippen molar-refractivity contribution < 1.29 is 13.5 Å². The summed E-state index contributed by atoms with van der Waals surface area (Å²) in [6.07, 6.45) is 0. The first-order chi connectivity index (χ1) is 9.58. The fourth-order valence-corrected chi connectivity index (χ4v) is 2.17. The highest BCUT2D eigenvalue weighted by molar-refractivity contribution is 6.30. The lowest BCUT2D eigenvalue weighted by Crippen LogP contribution is -2.30. The molecule has 0 spiro atoms. The summed E-state index contributed by atoms with van der Waals surface area (Å²) in [7, 11) is 1.35. The zero-order valence-electron chi connectivity index (χ0n) is 10.7. The molecule has 2 aromatic carbocycles. The first-order valence-corrected chi connectivity index (χ1v) is 6.19. The van der Waals surface area contributed by atoms with Crippen molar-refractivity contribution in [2.24, 2.45) is 5.84 Å². The van der Waals surface area contributed by atoms with Gasteiger partial charge in [0.1, 0.15) is 5.82 Å². The van der Waals surface area contributed by atoms with Gasteiger partial charge in [-0.25, -0.2) is 14.2 Å². The van der Waals surface area contributed by atoms with E-state index in [0.29, 0.717) is 5.02 Å². The van der Waals surface area contributed by atoms with Gasteiger partial charge in [0.2, 0.25) is 0 Å². The fourth-order valence-electron chi connectivity index (χ4n) is 1.99. The van der Waals surface area contributed by atoms with Crippen LogP contribution in [0, 0.1) is 11.6 Å². The van der Waals surface area contributed by atoms with Gasteiger partial charge in [0, 0.05) is 16.1 Å². The maximum atomic E-state index is 14.3. The second-order valence-electron chi connectivity index (χ2n) is 4.13. The molecule has 1 atom stereocenters. The molecule has 0 fully saturated rings. The van der Waals surface area contributed by atoms with Crippen molar-refractivity contribution in [3.8, 4) is 5.75 Å². The number of ether oxygens (including phenoxy) is 1. The first kappa shape index (κ1) is 14.7. The molecule has 0 radical (unpaired) electrons. The Morgan fingerprint density at radius 2 is 1.95 bits per heavy atom. The molecular weight excluding hydrogens is 286 g/mol. The van der Waals surface area contributed by atoms with Crippen LogP contribution in [-0.4, -0.2) is 7.11 Å². The van der Waals surface area contributed by atoms with E-state index in [1.165, 1.54) is 37.4 Å². The van der Waals surface area contributed by atoms with Gasteiger partial charge in [-0.2, -0.15) is 0 Å². The Bertz CT molecular complexity index is 622. The van der Waals surface area contributed by atoms with Crippen molar-refractivity contribution >= 4 is 11.6 Å². The Labute approximate surface area is 120 Å². The van der Waals surface area contributed by atoms with E-state index < -0.39 is 17.7 Å². The highest BCUT2D eigenvalue weighted by Gasteiger charge is 2.22. The topological polar surface area (TPSA) is 47.3 Å². The summed E-state index contributed by atoms with van der Waals surface area (Å²) in [4.78, 5) is 0. The molecular formula is C14H13ClF2N2O. The number of hydrogen-bond donors (Lipinski definition) is 2. The number of nitrogens with one attached hydrogen (secondary N) is 1. The van der Waals surface area contributed by atoms with E-state index in [1.807, 2.05) is 0 Å². The Hall–Kier alpha value is -1.69. The van der Waals surface area contributed by atoms with Crippen molar-refractivity contribution in [3.05, 3.63) is 64.2 Å². The lowest BCUT2D eigenvalue weighted by molar-refractivity contribution is 0.381. The molecule has 20 heavy (non-hydrogen) atoms. The third kappa shape index (κ3) is 2.75. The lowest BCUT2D eigenvalue weighted by atomic mass is 9.98. The largest absolute Gasteiger partial charge is 0.494 e. The van der Waals surface area contributed by atoms with Crippen LogP contribution in [0.2, 0.25) is 5.02 Å². The number of methoxy groups -OCH3 is 1. The van der Waals surface area contributed by atoms with Gasteiger partial charge < -0.3 is 4.74 Å². The summed E-state index contributed by atoms with van der Waals surface area (Å²) in [6, 6.07) is 7.73. The van der Waals surface area contributed by atoms with E-state index in [1.54, 1.807) is 6.07 Å². The van der Waals surface area contributed by atoms with Gasteiger partial charge in [0.05, 0.1) is 13.2 Å². The molecule has 0 saturated heterocycles. The van der Waals surface area contributed by atoms with Gasteiger partial charge in [-0.15, -0.1) is 0 Å². The van der Waals surface area contributed by atoms with Crippen molar-refractivity contribution in [2.75, 3.05) is 7.11 Å². The molecule has 106 valence electrons. The highest BCUT2D eigenvalue weighted by Crippen LogP contribution is 2.31. The number of halogens is 3. The van der Waals surface area contributed by atoms with E-state index in [2.05, 4.69) is 5.43 Å². The molecule has 6 heteroatoms. The Balaban J connectivity index is 2.55. The Morgan fingerprint density at radius 3 is 2.60 bits per heavy atom. The van der Waals surface area contributed by atoms with Gasteiger partial charge in [-0.05, 0) is 24.3 Å². The van der Waals surface area contributed by atoms with Crippen LogP contribution in [0.25, 0.3) is 0 Å². The van der Waals surface area contributed by atoms with Crippen molar-refractivity contribution in [2.45, 2.75) is 6.04 Å². The summed E-state index contributed by atoms with van der Waals surface area (Å²) in [6.45, 7) is 0. The lowest BCUT2D eigenvalue weighted by Gasteiger charge is -2.19. The average molecular weight is 299 g/mol. The molecule has 0 aliphatic carbocycles. The number of hydrazine groups is 1. The third-order valence-corrected chi connectivity index (χ3v) is 3.19. The maximum absolute atomic E-state index is 14.3. The normalized spacial score (nSPS) is 12.2. The molecule has 0 saturated carbocycles. The standard InChI is InChI=1S/C14H13ClF2N2O/c1-20-12-4-2-3-9(13(12)17)14(19-18)10-7-8(15)5-6-11(10)16/h2-7,14,19H,18H2,1H3. The van der Waals surface area contributed by atoms with E-state index in [4.69, 9.17) is 22.2 Å². The Kier molecular flexibility index (Phi) is 4.54. The van der Waals surface area contributed by atoms with Crippen LogP contribution < -0.4 is 16.0 Å². The van der Waals surface area contributed by atoms with Crippen LogP contribution >= 0.6 is 11.6 Å². The molecule has 0 aliphatic rings. The molecule has 0 aromatic heterocycles. The second-order valence-corrected chi connectivity index (χ2v) is 4.57. The quantitative estimate of drug-likeness (QED) is 0.673. The molecule has 3 nitrogen and oxygen atoms in total. The van der Waals surface area contributed by atoms with Crippen LogP contribution in [-0.2, 0) is 0 Å². The second kappa shape index (κ2) is 6.17. The summed E-state index contributed by atoms with van der Waals surface area (Å²) in [5.74, 6) is 4.38. The minimum absolute atomic E-state index is 0.0604. The summed E-state index contributed by atoms with van der Waals surface area (Å²) >= 11 is 5.85. The zero-order valence-corrected chi connectivity index (χ0v) is 11.4. The van der Waals surface area contributed by atoms with Crippen LogP contribution in [0.1, 0.15) is 17.2 Å². The van der Waals surface area contributed by atoms with Crippen LogP contribution in [0.3, 0.4) is 0 Å². The van der Waals surface area contributed by atoms with E-state index in [-0.39, 0.29) is 16.9 Å². The van der Waals surface area contributed by atoms with E-state index in [9.17, 15) is 8.78 Å². The van der Waals surface area contributed by atoms with Crippen LogP contribution in [0.15, 0.2) is 36.4 Å². The minimum atomic E-state index is -0.871. The van der Waals surface area contributed by atoms with E-state index in [0.717, 1.165) is 0 Å². The van der Waals surface area contributed by atoms with Crippen LogP contribution in [0.4, 0.5) is 8.78 Å². The first-order valence-electron chi connectivity index (χ1n) is 5.82. The smallest absolute Gasteiger partial charge is 0.170 e. The SMILES string of the molecule is COc1cccc(C(NN)c2cc(Cl)ccc2F)c1F.